The molecule has 4 aromatic carbocycles. The highest BCUT2D eigenvalue weighted by atomic mass is 19.1. The number of amides is 1. The Morgan fingerprint density at radius 1 is 1.00 bits per heavy atom. The number of nitrogens with one attached hydrogen (secondary N) is 1. The van der Waals surface area contributed by atoms with E-state index in [1.807, 2.05) is 79.9 Å². The van der Waals surface area contributed by atoms with Gasteiger partial charge in [0, 0.05) is 33.4 Å². The van der Waals surface area contributed by atoms with Crippen molar-refractivity contribution in [2.45, 2.75) is 47.1 Å². The molecule has 0 aliphatic heterocycles. The zero-order chi connectivity index (χ0) is 33.2. The Morgan fingerprint density at radius 2 is 1.70 bits per heavy atom. The average Bonchev–Trinajstić information content (AvgIpc) is 3.31. The molecule has 1 amide bonds. The minimum Gasteiger partial charge on any atom is -0.494 e. The van der Waals surface area contributed by atoms with Crippen LogP contribution in [-0.4, -0.2) is 33.0 Å². The molecule has 238 valence electrons. The molecule has 0 unspecified atom stereocenters. The molecule has 0 radical (unpaired) electrons. The number of anilines is 1. The lowest BCUT2D eigenvalue weighted by molar-refractivity contribution is -0.116. The normalized spacial score (nSPS) is 11.6. The van der Waals surface area contributed by atoms with Gasteiger partial charge in [0.25, 0.3) is 5.56 Å². The summed E-state index contributed by atoms with van der Waals surface area (Å²) in [6, 6.07) is 24.7. The van der Waals surface area contributed by atoms with Crippen molar-refractivity contribution in [2.75, 3.05) is 11.9 Å². The van der Waals surface area contributed by atoms with Crippen molar-refractivity contribution in [2.24, 2.45) is 5.10 Å². The number of carbonyl (C=O) groups is 1. The van der Waals surface area contributed by atoms with E-state index in [-0.39, 0.29) is 29.7 Å². The first-order chi connectivity index (χ1) is 22.7. The van der Waals surface area contributed by atoms with Crippen LogP contribution < -0.4 is 15.6 Å². The topological polar surface area (TPSA) is 90.5 Å². The van der Waals surface area contributed by atoms with Gasteiger partial charge in [-0.1, -0.05) is 44.2 Å². The predicted molar refractivity (Wildman–Crippen MR) is 186 cm³/mol. The predicted octanol–water partition coefficient (Wildman–Crippen LogP) is 7.82. The highest BCUT2D eigenvalue weighted by Crippen LogP contribution is 2.34. The van der Waals surface area contributed by atoms with Crippen LogP contribution in [0.25, 0.3) is 33.2 Å². The van der Waals surface area contributed by atoms with E-state index >= 15 is 0 Å². The van der Waals surface area contributed by atoms with Gasteiger partial charge in [-0.3, -0.25) is 9.59 Å². The second-order valence-electron chi connectivity index (χ2n) is 11.8. The number of ether oxygens (including phenoxy) is 1. The number of aromatic nitrogens is 3. The number of nitrogens with zero attached hydrogens (tertiary/aromatic N) is 4. The maximum absolute atomic E-state index is 14.0. The largest absolute Gasteiger partial charge is 0.494 e. The molecular weight excluding hydrogens is 593 g/mol. The van der Waals surface area contributed by atoms with E-state index < -0.39 is 0 Å². The molecule has 6 rings (SSSR count). The molecule has 8 nitrogen and oxygen atoms in total. The molecule has 0 atom stereocenters. The molecular formula is C38H36FN5O3. The van der Waals surface area contributed by atoms with Gasteiger partial charge < -0.3 is 14.6 Å². The van der Waals surface area contributed by atoms with Crippen LogP contribution in [0, 0.1) is 19.7 Å². The van der Waals surface area contributed by atoms with Gasteiger partial charge >= 0.3 is 0 Å². The Kier molecular flexibility index (Phi) is 8.72. The van der Waals surface area contributed by atoms with Crippen molar-refractivity contribution >= 4 is 39.6 Å². The molecule has 0 bridgehead atoms. The van der Waals surface area contributed by atoms with Gasteiger partial charge in [0.05, 0.1) is 23.7 Å². The number of para-hydroxylation sites is 2. The van der Waals surface area contributed by atoms with E-state index in [1.54, 1.807) is 12.3 Å². The minimum atomic E-state index is -0.374. The quantitative estimate of drug-likeness (QED) is 0.165. The highest BCUT2D eigenvalue weighted by molar-refractivity contribution is 6.02. The Morgan fingerprint density at radius 3 is 2.43 bits per heavy atom. The Hall–Kier alpha value is -5.57. The third kappa shape index (κ3) is 6.16. The van der Waals surface area contributed by atoms with Crippen molar-refractivity contribution in [3.63, 3.8) is 0 Å². The second-order valence-corrected chi connectivity index (χ2v) is 11.8. The van der Waals surface area contributed by atoms with Gasteiger partial charge in [-0.15, -0.1) is 0 Å². The van der Waals surface area contributed by atoms with Crippen LogP contribution in [0.2, 0.25) is 0 Å². The number of rotatable bonds is 9. The molecule has 47 heavy (non-hydrogen) atoms. The van der Waals surface area contributed by atoms with Crippen LogP contribution in [0.1, 0.15) is 49.1 Å². The van der Waals surface area contributed by atoms with E-state index in [0.29, 0.717) is 29.0 Å². The van der Waals surface area contributed by atoms with Crippen LogP contribution in [0.5, 0.6) is 5.75 Å². The molecule has 0 saturated heterocycles. The Labute approximate surface area is 272 Å². The second kappa shape index (κ2) is 13.0. The number of fused-ring (bicyclic) bond motifs is 2. The van der Waals surface area contributed by atoms with Crippen LogP contribution in [0.4, 0.5) is 10.1 Å². The van der Waals surface area contributed by atoms with Gasteiger partial charge in [0.2, 0.25) is 5.91 Å². The van der Waals surface area contributed by atoms with Crippen molar-refractivity contribution in [3.8, 4) is 17.1 Å². The third-order valence-electron chi connectivity index (χ3n) is 8.29. The van der Waals surface area contributed by atoms with Crippen LogP contribution in [0.15, 0.2) is 94.8 Å². The zero-order valence-corrected chi connectivity index (χ0v) is 27.0. The maximum Gasteiger partial charge on any atom is 0.282 e. The van der Waals surface area contributed by atoms with E-state index in [0.717, 1.165) is 44.6 Å². The number of hydrogen-bond acceptors (Lipinski definition) is 5. The van der Waals surface area contributed by atoms with E-state index in [4.69, 9.17) is 14.8 Å². The molecule has 0 saturated carbocycles. The Balaban J connectivity index is 1.47. The number of halogens is 1. The molecule has 1 N–H and O–H groups in total. The third-order valence-corrected chi connectivity index (χ3v) is 8.29. The van der Waals surface area contributed by atoms with Crippen LogP contribution in [-0.2, 0) is 11.3 Å². The summed E-state index contributed by atoms with van der Waals surface area (Å²) < 4.78 is 22.6. The zero-order valence-electron chi connectivity index (χ0n) is 27.0. The van der Waals surface area contributed by atoms with Crippen molar-refractivity contribution in [3.05, 3.63) is 123 Å². The first-order valence-electron chi connectivity index (χ1n) is 15.6. The van der Waals surface area contributed by atoms with Crippen molar-refractivity contribution in [1.29, 1.82) is 0 Å². The first-order valence-corrected chi connectivity index (χ1v) is 15.6. The molecule has 0 fully saturated rings. The fourth-order valence-electron chi connectivity index (χ4n) is 5.89. The van der Waals surface area contributed by atoms with Gasteiger partial charge in [0.15, 0.2) is 5.82 Å². The van der Waals surface area contributed by atoms with Crippen LogP contribution in [0.3, 0.4) is 0 Å². The Bertz CT molecular complexity index is 2210. The lowest BCUT2D eigenvalue weighted by atomic mass is 9.96. The summed E-state index contributed by atoms with van der Waals surface area (Å²) in [7, 11) is 0. The molecule has 2 heterocycles. The fraction of sp³-hybridized carbons (Fsp3) is 0.211. The van der Waals surface area contributed by atoms with E-state index in [2.05, 4.69) is 19.2 Å². The lowest BCUT2D eigenvalue weighted by Gasteiger charge is -2.18. The van der Waals surface area contributed by atoms with Crippen LogP contribution >= 0.6 is 0 Å². The number of hydrogen-bond donors (Lipinski definition) is 1. The minimum absolute atomic E-state index is 0.0314. The lowest BCUT2D eigenvalue weighted by Crippen LogP contribution is -2.21. The maximum atomic E-state index is 14.0. The fourth-order valence-corrected chi connectivity index (χ4v) is 5.89. The molecule has 0 spiro atoms. The van der Waals surface area contributed by atoms with E-state index in [9.17, 15) is 14.0 Å². The first kappa shape index (κ1) is 31.4. The molecule has 6 aromatic rings. The highest BCUT2D eigenvalue weighted by Gasteiger charge is 2.20. The van der Waals surface area contributed by atoms with E-state index in [1.165, 1.54) is 28.9 Å². The summed E-state index contributed by atoms with van der Waals surface area (Å²) in [5, 5.41) is 8.96. The smallest absolute Gasteiger partial charge is 0.282 e. The van der Waals surface area contributed by atoms with Crippen molar-refractivity contribution in [1.82, 2.24) is 14.2 Å². The average molecular weight is 630 g/mol. The monoisotopic (exact) mass is 629 g/mol. The van der Waals surface area contributed by atoms with Gasteiger partial charge in [-0.05, 0) is 92.4 Å². The summed E-state index contributed by atoms with van der Waals surface area (Å²) in [4.78, 5) is 32.1. The van der Waals surface area contributed by atoms with Gasteiger partial charge in [0.1, 0.15) is 18.1 Å². The summed E-state index contributed by atoms with van der Waals surface area (Å²) in [5.74, 6) is 0.782. The number of benzene rings is 4. The summed E-state index contributed by atoms with van der Waals surface area (Å²) in [6.45, 7) is 10.6. The molecule has 0 aliphatic carbocycles. The molecule has 0 aliphatic rings. The summed E-state index contributed by atoms with van der Waals surface area (Å²) >= 11 is 0. The number of carbonyl (C=O) groups excluding carboxylic acids is 1. The van der Waals surface area contributed by atoms with Gasteiger partial charge in [-0.2, -0.15) is 9.78 Å². The summed E-state index contributed by atoms with van der Waals surface area (Å²) in [5.41, 5.74) is 5.92. The van der Waals surface area contributed by atoms with Gasteiger partial charge in [-0.25, -0.2) is 9.37 Å². The standard InChI is InChI=1S/C38H36FN5O3/c1-6-47-35-19-24(4)31(20-30(35)23(2)3)37-42-33-13-9-7-12-29(33)38(46)44(37)40-21-32-25(5)43(34-14-10-8-11-28(32)34)22-36(45)41-27-17-15-26(39)16-18-27/h7-21,23H,6,22H2,1-5H3,(H,41,45). The van der Waals surface area contributed by atoms with Crippen molar-refractivity contribution < 1.29 is 13.9 Å². The SMILES string of the molecule is CCOc1cc(C)c(-c2nc3ccccc3c(=O)n2N=Cc2c(C)n(CC(=O)Nc3ccc(F)cc3)c3ccccc23)cc1C(C)C. The summed E-state index contributed by atoms with van der Waals surface area (Å²) in [6.07, 6.45) is 1.67. The molecule has 2 aromatic heterocycles. The molecule has 9 heteroatoms. The number of aryl methyl sites for hydroxylation is 1.